The van der Waals surface area contributed by atoms with Crippen LogP contribution in [0, 0.1) is 0 Å². The summed E-state index contributed by atoms with van der Waals surface area (Å²) in [6, 6.07) is 0.646. The van der Waals surface area contributed by atoms with Crippen molar-refractivity contribution in [1.82, 2.24) is 5.32 Å². The van der Waals surface area contributed by atoms with Crippen molar-refractivity contribution in [1.29, 1.82) is 0 Å². The van der Waals surface area contributed by atoms with Crippen molar-refractivity contribution in [2.75, 3.05) is 13.2 Å². The first-order valence-electron chi connectivity index (χ1n) is 7.68. The highest BCUT2D eigenvalue weighted by molar-refractivity contribution is 4.65. The van der Waals surface area contributed by atoms with Crippen LogP contribution in [0.1, 0.15) is 71.6 Å². The Morgan fingerprint density at radius 1 is 1.18 bits per heavy atom. The topological polar surface area (TPSA) is 21.3 Å². The highest BCUT2D eigenvalue weighted by Gasteiger charge is 2.12. The van der Waals surface area contributed by atoms with Gasteiger partial charge in [0.05, 0.1) is 6.10 Å². The van der Waals surface area contributed by atoms with Gasteiger partial charge in [0.25, 0.3) is 0 Å². The summed E-state index contributed by atoms with van der Waals surface area (Å²) in [5, 5.41) is 3.53. The Morgan fingerprint density at radius 3 is 2.53 bits per heavy atom. The molecule has 1 saturated carbocycles. The van der Waals surface area contributed by atoms with Crippen molar-refractivity contribution in [3.8, 4) is 0 Å². The molecule has 2 nitrogen and oxygen atoms in total. The SMILES string of the molecule is CCCNC(C)CCCOC1CCCCCC1. The molecule has 17 heavy (non-hydrogen) atoms. The quantitative estimate of drug-likeness (QED) is 0.514. The fourth-order valence-corrected chi connectivity index (χ4v) is 2.54. The van der Waals surface area contributed by atoms with E-state index in [0.29, 0.717) is 12.1 Å². The lowest BCUT2D eigenvalue weighted by molar-refractivity contribution is 0.0401. The van der Waals surface area contributed by atoms with Gasteiger partial charge in [0.15, 0.2) is 0 Å². The van der Waals surface area contributed by atoms with E-state index in [1.165, 1.54) is 57.8 Å². The van der Waals surface area contributed by atoms with Crippen LogP contribution in [-0.2, 0) is 4.74 Å². The van der Waals surface area contributed by atoms with E-state index in [2.05, 4.69) is 19.2 Å². The van der Waals surface area contributed by atoms with E-state index in [1.807, 2.05) is 0 Å². The summed E-state index contributed by atoms with van der Waals surface area (Å²) in [4.78, 5) is 0. The van der Waals surface area contributed by atoms with Gasteiger partial charge in [-0.3, -0.25) is 0 Å². The molecule has 0 aromatic heterocycles. The van der Waals surface area contributed by atoms with E-state index < -0.39 is 0 Å². The van der Waals surface area contributed by atoms with Gasteiger partial charge in [-0.15, -0.1) is 0 Å². The van der Waals surface area contributed by atoms with Gasteiger partial charge in [-0.25, -0.2) is 0 Å². The zero-order chi connectivity index (χ0) is 12.3. The summed E-state index contributed by atoms with van der Waals surface area (Å²) in [5.41, 5.74) is 0. The zero-order valence-electron chi connectivity index (χ0n) is 11.8. The molecule has 1 aliphatic carbocycles. The summed E-state index contributed by atoms with van der Waals surface area (Å²) >= 11 is 0. The van der Waals surface area contributed by atoms with Crippen LogP contribution in [0.3, 0.4) is 0 Å². The minimum atomic E-state index is 0.566. The summed E-state index contributed by atoms with van der Waals surface area (Å²) in [5.74, 6) is 0. The van der Waals surface area contributed by atoms with Gasteiger partial charge in [0.1, 0.15) is 0 Å². The fraction of sp³-hybridized carbons (Fsp3) is 1.00. The standard InChI is InChI=1S/C15H31NO/c1-3-12-16-14(2)9-8-13-17-15-10-6-4-5-7-11-15/h14-16H,3-13H2,1-2H3. The van der Waals surface area contributed by atoms with Crippen LogP contribution in [-0.4, -0.2) is 25.3 Å². The van der Waals surface area contributed by atoms with Gasteiger partial charge in [0.2, 0.25) is 0 Å². The number of nitrogens with one attached hydrogen (secondary N) is 1. The Hall–Kier alpha value is -0.0800. The van der Waals surface area contributed by atoms with Gasteiger partial charge >= 0.3 is 0 Å². The monoisotopic (exact) mass is 241 g/mol. The number of rotatable bonds is 8. The van der Waals surface area contributed by atoms with Gasteiger partial charge < -0.3 is 10.1 Å². The van der Waals surface area contributed by atoms with Crippen molar-refractivity contribution in [2.24, 2.45) is 0 Å². The highest BCUT2D eigenvalue weighted by Crippen LogP contribution is 2.19. The van der Waals surface area contributed by atoms with E-state index in [1.54, 1.807) is 0 Å². The number of hydrogen-bond donors (Lipinski definition) is 1. The molecule has 0 amide bonds. The first kappa shape index (κ1) is 15.0. The Balaban J connectivity index is 1.95. The maximum atomic E-state index is 5.99. The number of ether oxygens (including phenoxy) is 1. The van der Waals surface area contributed by atoms with Crippen LogP contribution in [0.5, 0.6) is 0 Å². The van der Waals surface area contributed by atoms with E-state index in [0.717, 1.165) is 13.2 Å². The molecule has 1 unspecified atom stereocenters. The van der Waals surface area contributed by atoms with Gasteiger partial charge in [-0.1, -0.05) is 32.6 Å². The van der Waals surface area contributed by atoms with Gasteiger partial charge in [0, 0.05) is 12.6 Å². The molecule has 0 aromatic rings. The molecule has 0 aromatic carbocycles. The molecule has 1 rings (SSSR count). The molecule has 0 aliphatic heterocycles. The summed E-state index contributed by atoms with van der Waals surface area (Å²) in [6.07, 6.45) is 12.4. The lowest BCUT2D eigenvalue weighted by Gasteiger charge is -2.17. The minimum Gasteiger partial charge on any atom is -0.378 e. The molecular formula is C15H31NO. The van der Waals surface area contributed by atoms with E-state index in [-0.39, 0.29) is 0 Å². The van der Waals surface area contributed by atoms with E-state index in [4.69, 9.17) is 4.74 Å². The maximum Gasteiger partial charge on any atom is 0.0575 e. The number of hydrogen-bond acceptors (Lipinski definition) is 2. The van der Waals surface area contributed by atoms with Crippen molar-refractivity contribution in [2.45, 2.75) is 83.8 Å². The first-order valence-corrected chi connectivity index (χ1v) is 7.68. The summed E-state index contributed by atoms with van der Waals surface area (Å²) < 4.78 is 5.99. The predicted octanol–water partition coefficient (Wildman–Crippen LogP) is 3.89. The van der Waals surface area contributed by atoms with Crippen LogP contribution >= 0.6 is 0 Å². The molecule has 0 bridgehead atoms. The smallest absolute Gasteiger partial charge is 0.0575 e. The van der Waals surface area contributed by atoms with Crippen molar-refractivity contribution in [3.63, 3.8) is 0 Å². The molecule has 1 fully saturated rings. The second kappa shape index (κ2) is 9.90. The Labute approximate surface area is 108 Å². The molecule has 1 N–H and O–H groups in total. The van der Waals surface area contributed by atoms with Gasteiger partial charge in [-0.2, -0.15) is 0 Å². The van der Waals surface area contributed by atoms with Crippen LogP contribution in [0.25, 0.3) is 0 Å². The molecule has 2 heteroatoms. The molecule has 1 atom stereocenters. The molecule has 0 saturated heterocycles. The zero-order valence-corrected chi connectivity index (χ0v) is 11.8. The van der Waals surface area contributed by atoms with Crippen molar-refractivity contribution >= 4 is 0 Å². The average Bonchev–Trinajstić information content (AvgIpc) is 2.60. The third-order valence-corrected chi connectivity index (χ3v) is 3.68. The Bertz CT molecular complexity index is 164. The van der Waals surface area contributed by atoms with E-state index in [9.17, 15) is 0 Å². The second-order valence-corrected chi connectivity index (χ2v) is 5.48. The minimum absolute atomic E-state index is 0.566. The third-order valence-electron chi connectivity index (χ3n) is 3.68. The van der Waals surface area contributed by atoms with Crippen molar-refractivity contribution in [3.05, 3.63) is 0 Å². The lowest BCUT2D eigenvalue weighted by Crippen LogP contribution is -2.27. The highest BCUT2D eigenvalue weighted by atomic mass is 16.5. The summed E-state index contributed by atoms with van der Waals surface area (Å²) in [7, 11) is 0. The largest absolute Gasteiger partial charge is 0.378 e. The van der Waals surface area contributed by atoms with Crippen LogP contribution < -0.4 is 5.32 Å². The predicted molar refractivity (Wildman–Crippen MR) is 74.4 cm³/mol. The third kappa shape index (κ3) is 7.77. The molecule has 0 spiro atoms. The van der Waals surface area contributed by atoms with Gasteiger partial charge in [-0.05, 0) is 45.6 Å². The second-order valence-electron chi connectivity index (χ2n) is 5.48. The molecule has 1 aliphatic rings. The van der Waals surface area contributed by atoms with Crippen LogP contribution in [0.2, 0.25) is 0 Å². The normalized spacial score (nSPS) is 20.1. The maximum absolute atomic E-state index is 5.99. The Morgan fingerprint density at radius 2 is 1.88 bits per heavy atom. The average molecular weight is 241 g/mol. The molecule has 0 heterocycles. The molecular weight excluding hydrogens is 210 g/mol. The fourth-order valence-electron chi connectivity index (χ4n) is 2.54. The van der Waals surface area contributed by atoms with E-state index >= 15 is 0 Å². The van der Waals surface area contributed by atoms with Crippen molar-refractivity contribution < 1.29 is 4.74 Å². The molecule has 0 radical (unpaired) electrons. The first-order chi connectivity index (χ1) is 8.33. The van der Waals surface area contributed by atoms with Crippen LogP contribution in [0.4, 0.5) is 0 Å². The molecule has 102 valence electrons. The van der Waals surface area contributed by atoms with Crippen LogP contribution in [0.15, 0.2) is 0 Å². The lowest BCUT2D eigenvalue weighted by atomic mass is 10.1. The Kier molecular flexibility index (Phi) is 8.72. The summed E-state index contributed by atoms with van der Waals surface area (Å²) in [6.45, 7) is 6.60.